The lowest BCUT2D eigenvalue weighted by molar-refractivity contribution is -0.116. The number of hydrogen-bond donors (Lipinski definition) is 2. The average molecular weight is 278 g/mol. The smallest absolute Gasteiger partial charge is 0.224 e. The molecule has 1 amide bonds. The number of nitrogens with one attached hydrogen (secondary N) is 2. The number of nitrogens with zero attached hydrogens (tertiary/aromatic N) is 2. The van der Waals surface area contributed by atoms with E-state index < -0.39 is 5.82 Å². The number of rotatable bonds is 1. The van der Waals surface area contributed by atoms with Gasteiger partial charge in [0.1, 0.15) is 5.82 Å². The predicted octanol–water partition coefficient (Wildman–Crippen LogP) is 2.13. The molecule has 1 aliphatic heterocycles. The third-order valence-corrected chi connectivity index (χ3v) is 3.21. The van der Waals surface area contributed by atoms with E-state index in [-0.39, 0.29) is 5.91 Å². The van der Waals surface area contributed by atoms with Crippen LogP contribution in [0, 0.1) is 17.3 Å². The zero-order valence-corrected chi connectivity index (χ0v) is 11.0. The van der Waals surface area contributed by atoms with Crippen LogP contribution in [0.15, 0.2) is 17.1 Å². The summed E-state index contributed by atoms with van der Waals surface area (Å²) in [7, 11) is 0. The summed E-state index contributed by atoms with van der Waals surface area (Å²) in [6, 6.07) is 2.63. The lowest BCUT2D eigenvalue weighted by Crippen LogP contribution is -2.19. The monoisotopic (exact) mass is 278 g/mol. The third-order valence-electron chi connectivity index (χ3n) is 2.63. The van der Waals surface area contributed by atoms with Crippen LogP contribution in [0.3, 0.4) is 0 Å². The van der Waals surface area contributed by atoms with Crippen molar-refractivity contribution in [3.63, 3.8) is 0 Å². The van der Waals surface area contributed by atoms with Crippen molar-refractivity contribution in [2.75, 3.05) is 11.6 Å². The summed E-state index contributed by atoms with van der Waals surface area (Å²) >= 11 is 1.23. The van der Waals surface area contributed by atoms with E-state index in [1.54, 1.807) is 12.4 Å². The summed E-state index contributed by atoms with van der Waals surface area (Å²) < 4.78 is 13.5. The Bertz CT molecular complexity index is 594. The van der Waals surface area contributed by atoms with Gasteiger partial charge in [-0.05, 0) is 24.3 Å². The number of anilines is 1. The van der Waals surface area contributed by atoms with Crippen LogP contribution in [0.2, 0.25) is 0 Å². The molecular formula is C12H11FN4OS. The van der Waals surface area contributed by atoms with Crippen molar-refractivity contribution in [3.8, 4) is 6.19 Å². The molecule has 0 saturated heterocycles. The molecule has 0 aliphatic carbocycles. The summed E-state index contributed by atoms with van der Waals surface area (Å²) in [5, 5.41) is 14.0. The second-order valence-corrected chi connectivity index (χ2v) is 4.66. The normalized spacial score (nSPS) is 14.4. The predicted molar refractivity (Wildman–Crippen MR) is 72.7 cm³/mol. The molecule has 1 heterocycles. The molecule has 0 fully saturated rings. The fourth-order valence-corrected chi connectivity index (χ4v) is 2.15. The molecule has 98 valence electrons. The Morgan fingerprint density at radius 3 is 3.05 bits per heavy atom. The van der Waals surface area contributed by atoms with E-state index >= 15 is 0 Å². The molecule has 1 aromatic rings. The SMILES string of the molecule is CSC(=Nc1cc(F)cc2c1NC(=O)CC2)NC#N. The first-order valence-electron chi connectivity index (χ1n) is 5.54. The van der Waals surface area contributed by atoms with E-state index in [9.17, 15) is 9.18 Å². The highest BCUT2D eigenvalue weighted by atomic mass is 32.2. The molecule has 0 aromatic heterocycles. The van der Waals surface area contributed by atoms with Gasteiger partial charge in [0.25, 0.3) is 0 Å². The van der Waals surface area contributed by atoms with Gasteiger partial charge in [0.2, 0.25) is 5.91 Å². The molecule has 2 N–H and O–H groups in total. The van der Waals surface area contributed by atoms with Crippen LogP contribution >= 0.6 is 11.8 Å². The highest BCUT2D eigenvalue weighted by Crippen LogP contribution is 2.34. The van der Waals surface area contributed by atoms with Gasteiger partial charge < -0.3 is 5.32 Å². The van der Waals surface area contributed by atoms with E-state index in [1.807, 2.05) is 0 Å². The first-order valence-corrected chi connectivity index (χ1v) is 6.76. The van der Waals surface area contributed by atoms with Gasteiger partial charge >= 0.3 is 0 Å². The molecule has 0 radical (unpaired) electrons. The van der Waals surface area contributed by atoms with Crippen molar-refractivity contribution in [1.82, 2.24) is 5.32 Å². The van der Waals surface area contributed by atoms with Crippen molar-refractivity contribution in [2.24, 2.45) is 4.99 Å². The van der Waals surface area contributed by atoms with E-state index in [1.165, 1.54) is 23.9 Å². The molecular weight excluding hydrogens is 267 g/mol. The van der Waals surface area contributed by atoms with Crippen molar-refractivity contribution >= 4 is 34.2 Å². The van der Waals surface area contributed by atoms with Crippen LogP contribution in [0.5, 0.6) is 0 Å². The molecule has 0 saturated carbocycles. The Morgan fingerprint density at radius 2 is 2.37 bits per heavy atom. The fraction of sp³-hybridized carbons (Fsp3) is 0.250. The van der Waals surface area contributed by atoms with Crippen molar-refractivity contribution in [3.05, 3.63) is 23.5 Å². The van der Waals surface area contributed by atoms with Crippen molar-refractivity contribution in [1.29, 1.82) is 5.26 Å². The number of amidine groups is 1. The quantitative estimate of drug-likeness (QED) is 0.357. The molecule has 1 aliphatic rings. The Balaban J connectivity index is 2.48. The van der Waals surface area contributed by atoms with Crippen molar-refractivity contribution in [2.45, 2.75) is 12.8 Å². The number of nitriles is 1. The number of aryl methyl sites for hydroxylation is 1. The molecule has 5 nitrogen and oxygen atoms in total. The Hall–Kier alpha value is -2.07. The number of fused-ring (bicyclic) bond motifs is 1. The molecule has 0 unspecified atom stereocenters. The summed E-state index contributed by atoms with van der Waals surface area (Å²) in [6.07, 6.45) is 4.33. The van der Waals surface area contributed by atoms with Crippen LogP contribution in [0.25, 0.3) is 0 Å². The van der Waals surface area contributed by atoms with E-state index in [0.717, 1.165) is 5.56 Å². The van der Waals surface area contributed by atoms with Gasteiger partial charge in [-0.15, -0.1) is 0 Å². The maximum absolute atomic E-state index is 13.5. The van der Waals surface area contributed by atoms with Gasteiger partial charge in [-0.1, -0.05) is 11.8 Å². The third kappa shape index (κ3) is 3.03. The average Bonchev–Trinajstić information content (AvgIpc) is 2.39. The summed E-state index contributed by atoms with van der Waals surface area (Å²) in [4.78, 5) is 15.6. The topological polar surface area (TPSA) is 77.3 Å². The molecule has 0 bridgehead atoms. The number of halogens is 1. The Labute approximate surface area is 113 Å². The first-order chi connectivity index (χ1) is 9.13. The van der Waals surface area contributed by atoms with E-state index in [4.69, 9.17) is 5.26 Å². The van der Waals surface area contributed by atoms with Gasteiger partial charge in [0.15, 0.2) is 11.4 Å². The van der Waals surface area contributed by atoms with Gasteiger partial charge in [0.05, 0.1) is 11.4 Å². The Morgan fingerprint density at radius 1 is 1.58 bits per heavy atom. The van der Waals surface area contributed by atoms with Gasteiger partial charge in [-0.2, -0.15) is 5.26 Å². The van der Waals surface area contributed by atoms with Crippen LogP contribution < -0.4 is 10.6 Å². The maximum atomic E-state index is 13.5. The minimum atomic E-state index is -0.411. The number of thioether (sulfide) groups is 1. The summed E-state index contributed by atoms with van der Waals surface area (Å²) in [6.45, 7) is 0. The number of benzene rings is 1. The van der Waals surface area contributed by atoms with Gasteiger partial charge in [0, 0.05) is 12.5 Å². The number of amides is 1. The molecule has 19 heavy (non-hydrogen) atoms. The standard InChI is InChI=1S/C12H11FN4OS/c1-19-12(15-6-14)16-9-5-8(13)4-7-2-3-10(18)17-11(7)9/h4-5H,2-3H2,1H3,(H,15,16)(H,17,18). The second kappa shape index (κ2) is 5.71. The molecule has 2 rings (SSSR count). The molecule has 1 aromatic carbocycles. The summed E-state index contributed by atoms with van der Waals surface area (Å²) in [5.74, 6) is -0.527. The maximum Gasteiger partial charge on any atom is 0.224 e. The largest absolute Gasteiger partial charge is 0.324 e. The zero-order chi connectivity index (χ0) is 13.8. The first kappa shape index (κ1) is 13.4. The zero-order valence-electron chi connectivity index (χ0n) is 10.2. The van der Waals surface area contributed by atoms with Crippen LogP contribution in [-0.2, 0) is 11.2 Å². The van der Waals surface area contributed by atoms with Crippen molar-refractivity contribution < 1.29 is 9.18 Å². The number of aliphatic imine (C=N–C) groups is 1. The van der Waals surface area contributed by atoms with Crippen LogP contribution in [0.1, 0.15) is 12.0 Å². The lowest BCUT2D eigenvalue weighted by atomic mass is 10.0. The lowest BCUT2D eigenvalue weighted by Gasteiger charge is -2.18. The highest BCUT2D eigenvalue weighted by molar-refractivity contribution is 8.13. The summed E-state index contributed by atoms with van der Waals surface area (Å²) in [5.41, 5.74) is 1.55. The number of hydrogen-bond acceptors (Lipinski definition) is 4. The number of carbonyl (C=O) groups excluding carboxylic acids is 1. The fourth-order valence-electron chi connectivity index (χ4n) is 1.81. The molecule has 0 atom stereocenters. The molecule has 7 heteroatoms. The highest BCUT2D eigenvalue weighted by Gasteiger charge is 2.19. The Kier molecular flexibility index (Phi) is 4.02. The second-order valence-electron chi connectivity index (χ2n) is 3.87. The minimum absolute atomic E-state index is 0.116. The van der Waals surface area contributed by atoms with Gasteiger partial charge in [-0.3, -0.25) is 10.1 Å². The van der Waals surface area contributed by atoms with Crippen LogP contribution in [-0.4, -0.2) is 17.3 Å². The van der Waals surface area contributed by atoms with E-state index in [2.05, 4.69) is 15.6 Å². The molecule has 0 spiro atoms. The van der Waals surface area contributed by atoms with Gasteiger partial charge in [-0.25, -0.2) is 9.38 Å². The number of carbonyl (C=O) groups is 1. The minimum Gasteiger partial charge on any atom is -0.324 e. The van der Waals surface area contributed by atoms with Crippen LogP contribution in [0.4, 0.5) is 15.8 Å². The van der Waals surface area contributed by atoms with E-state index in [0.29, 0.717) is 29.4 Å².